The molecule has 1 heterocycles. The number of carbonyl (C=O) groups excluding carboxylic acids is 1. The van der Waals surface area contributed by atoms with E-state index in [1.54, 1.807) is 0 Å². The SMILES string of the molecule is CC(c1ccccc1)N(C)C(=O)CN1CCCc2c(N)cccc21.Cl. The highest BCUT2D eigenvalue weighted by Crippen LogP contribution is 2.31. The Morgan fingerprint density at radius 2 is 1.92 bits per heavy atom. The number of nitrogens with two attached hydrogens (primary N) is 1. The van der Waals surface area contributed by atoms with Crippen molar-refractivity contribution in [3.63, 3.8) is 0 Å². The molecular weight excluding hydrogens is 334 g/mol. The molecule has 1 aliphatic rings. The zero-order valence-electron chi connectivity index (χ0n) is 14.8. The van der Waals surface area contributed by atoms with Crippen molar-refractivity contribution >= 4 is 29.7 Å². The summed E-state index contributed by atoms with van der Waals surface area (Å²) < 4.78 is 0. The summed E-state index contributed by atoms with van der Waals surface area (Å²) in [6.07, 6.45) is 2.02. The van der Waals surface area contributed by atoms with Crippen molar-refractivity contribution in [3.05, 3.63) is 59.7 Å². The number of rotatable bonds is 4. The number of halogens is 1. The van der Waals surface area contributed by atoms with Gasteiger partial charge in [0.1, 0.15) is 0 Å². The topological polar surface area (TPSA) is 49.6 Å². The first-order valence-corrected chi connectivity index (χ1v) is 8.51. The summed E-state index contributed by atoms with van der Waals surface area (Å²) >= 11 is 0. The number of likely N-dealkylation sites (N-methyl/N-ethyl adjacent to an activating group) is 1. The van der Waals surface area contributed by atoms with Gasteiger partial charge >= 0.3 is 0 Å². The van der Waals surface area contributed by atoms with Gasteiger partial charge in [-0.3, -0.25) is 4.79 Å². The van der Waals surface area contributed by atoms with Crippen molar-refractivity contribution in [1.29, 1.82) is 0 Å². The van der Waals surface area contributed by atoms with Crippen LogP contribution in [0.2, 0.25) is 0 Å². The maximum Gasteiger partial charge on any atom is 0.242 e. The number of carbonyl (C=O) groups is 1. The molecule has 0 spiro atoms. The van der Waals surface area contributed by atoms with E-state index in [9.17, 15) is 4.79 Å². The molecule has 4 nitrogen and oxygen atoms in total. The molecule has 1 aliphatic heterocycles. The largest absolute Gasteiger partial charge is 0.398 e. The lowest BCUT2D eigenvalue weighted by molar-refractivity contribution is -0.130. The van der Waals surface area contributed by atoms with E-state index in [0.29, 0.717) is 6.54 Å². The van der Waals surface area contributed by atoms with Gasteiger partial charge in [0.25, 0.3) is 0 Å². The lowest BCUT2D eigenvalue weighted by atomic mass is 10.00. The number of nitrogens with zero attached hydrogens (tertiary/aromatic N) is 2. The molecule has 1 unspecified atom stereocenters. The van der Waals surface area contributed by atoms with Gasteiger partial charge < -0.3 is 15.5 Å². The number of nitrogen functional groups attached to an aromatic ring is 1. The normalized spacial score (nSPS) is 14.2. The van der Waals surface area contributed by atoms with Gasteiger partial charge in [-0.15, -0.1) is 12.4 Å². The van der Waals surface area contributed by atoms with E-state index in [1.165, 1.54) is 5.56 Å². The Labute approximate surface area is 156 Å². The van der Waals surface area contributed by atoms with Gasteiger partial charge in [-0.2, -0.15) is 0 Å². The summed E-state index contributed by atoms with van der Waals surface area (Å²) in [5.74, 6) is 0.127. The number of hydrogen-bond donors (Lipinski definition) is 1. The highest BCUT2D eigenvalue weighted by molar-refractivity contribution is 5.85. The minimum atomic E-state index is 0. The van der Waals surface area contributed by atoms with Crippen LogP contribution in [0.5, 0.6) is 0 Å². The second-order valence-electron chi connectivity index (χ2n) is 6.46. The molecule has 2 aromatic carbocycles. The Balaban J connectivity index is 0.00000225. The molecule has 134 valence electrons. The van der Waals surface area contributed by atoms with E-state index < -0.39 is 0 Å². The van der Waals surface area contributed by atoms with Crippen LogP contribution in [-0.2, 0) is 11.2 Å². The van der Waals surface area contributed by atoms with Crippen LogP contribution in [0.4, 0.5) is 11.4 Å². The molecule has 25 heavy (non-hydrogen) atoms. The van der Waals surface area contributed by atoms with Gasteiger partial charge in [-0.1, -0.05) is 36.4 Å². The molecule has 1 atom stereocenters. The molecule has 0 radical (unpaired) electrons. The van der Waals surface area contributed by atoms with Crippen LogP contribution in [0.15, 0.2) is 48.5 Å². The first kappa shape index (κ1) is 19.1. The molecule has 0 fully saturated rings. The van der Waals surface area contributed by atoms with Crippen LogP contribution in [0.25, 0.3) is 0 Å². The maximum absolute atomic E-state index is 12.8. The second-order valence-corrected chi connectivity index (χ2v) is 6.46. The third-order valence-corrected chi connectivity index (χ3v) is 4.97. The van der Waals surface area contributed by atoms with Gasteiger partial charge in [-0.25, -0.2) is 0 Å². The number of amides is 1. The first-order valence-electron chi connectivity index (χ1n) is 8.51. The minimum Gasteiger partial charge on any atom is -0.398 e. The van der Waals surface area contributed by atoms with Gasteiger partial charge in [0, 0.05) is 25.0 Å². The number of benzene rings is 2. The van der Waals surface area contributed by atoms with Gasteiger partial charge in [0.2, 0.25) is 5.91 Å². The molecule has 1 amide bonds. The van der Waals surface area contributed by atoms with E-state index in [-0.39, 0.29) is 24.4 Å². The Hall–Kier alpha value is -2.20. The second kappa shape index (κ2) is 8.26. The van der Waals surface area contributed by atoms with Crippen LogP contribution in [0.1, 0.15) is 30.5 Å². The highest BCUT2D eigenvalue weighted by atomic mass is 35.5. The molecule has 0 saturated heterocycles. The average molecular weight is 360 g/mol. The van der Waals surface area contributed by atoms with Crippen molar-refractivity contribution in [3.8, 4) is 0 Å². The quantitative estimate of drug-likeness (QED) is 0.847. The van der Waals surface area contributed by atoms with Gasteiger partial charge in [0.15, 0.2) is 0 Å². The third-order valence-electron chi connectivity index (χ3n) is 4.97. The average Bonchev–Trinajstić information content (AvgIpc) is 2.62. The summed E-state index contributed by atoms with van der Waals surface area (Å²) in [6.45, 7) is 3.36. The van der Waals surface area contributed by atoms with Crippen molar-refractivity contribution in [2.45, 2.75) is 25.8 Å². The minimum absolute atomic E-state index is 0. The zero-order chi connectivity index (χ0) is 17.1. The zero-order valence-corrected chi connectivity index (χ0v) is 15.6. The molecule has 0 aliphatic carbocycles. The van der Waals surface area contributed by atoms with E-state index in [0.717, 1.165) is 36.3 Å². The van der Waals surface area contributed by atoms with E-state index >= 15 is 0 Å². The van der Waals surface area contributed by atoms with Crippen LogP contribution in [-0.4, -0.2) is 30.9 Å². The summed E-state index contributed by atoms with van der Waals surface area (Å²) in [6, 6.07) is 16.2. The standard InChI is InChI=1S/C20H25N3O.ClH/c1-15(16-8-4-3-5-9-16)22(2)20(24)14-23-13-7-10-17-18(21)11-6-12-19(17)23;/h3-6,8-9,11-12,15H,7,10,13-14,21H2,1-2H3;1H. The smallest absolute Gasteiger partial charge is 0.242 e. The fraction of sp³-hybridized carbons (Fsp3) is 0.350. The number of anilines is 2. The van der Waals surface area contributed by atoms with E-state index in [4.69, 9.17) is 5.73 Å². The third kappa shape index (κ3) is 4.07. The van der Waals surface area contributed by atoms with Crippen LogP contribution < -0.4 is 10.6 Å². The van der Waals surface area contributed by atoms with Gasteiger partial charge in [0.05, 0.1) is 12.6 Å². The Bertz CT molecular complexity index is 720. The van der Waals surface area contributed by atoms with Gasteiger partial charge in [-0.05, 0) is 43.0 Å². The molecule has 0 saturated carbocycles. The van der Waals surface area contributed by atoms with Crippen molar-refractivity contribution in [2.24, 2.45) is 0 Å². The van der Waals surface area contributed by atoms with E-state index in [2.05, 4.69) is 30.0 Å². The Morgan fingerprint density at radius 1 is 1.20 bits per heavy atom. The number of hydrogen-bond acceptors (Lipinski definition) is 3. The molecule has 2 aromatic rings. The maximum atomic E-state index is 12.8. The lowest BCUT2D eigenvalue weighted by Crippen LogP contribution is -2.41. The fourth-order valence-electron chi connectivity index (χ4n) is 3.34. The molecule has 0 aromatic heterocycles. The number of fused-ring (bicyclic) bond motifs is 1. The molecular formula is C20H26ClN3O. The summed E-state index contributed by atoms with van der Waals surface area (Å²) in [7, 11) is 1.88. The van der Waals surface area contributed by atoms with E-state index in [1.807, 2.05) is 42.3 Å². The Kier molecular flexibility index (Phi) is 6.32. The van der Waals surface area contributed by atoms with Crippen molar-refractivity contribution in [2.75, 3.05) is 30.8 Å². The molecule has 2 N–H and O–H groups in total. The summed E-state index contributed by atoms with van der Waals surface area (Å²) in [5, 5.41) is 0. The summed E-state index contributed by atoms with van der Waals surface area (Å²) in [5.41, 5.74) is 10.4. The van der Waals surface area contributed by atoms with Crippen molar-refractivity contribution < 1.29 is 4.79 Å². The molecule has 3 rings (SSSR count). The van der Waals surface area contributed by atoms with Crippen LogP contribution >= 0.6 is 12.4 Å². The first-order chi connectivity index (χ1) is 11.6. The predicted molar refractivity (Wildman–Crippen MR) is 106 cm³/mol. The van der Waals surface area contributed by atoms with Crippen molar-refractivity contribution in [1.82, 2.24) is 4.90 Å². The summed E-state index contributed by atoms with van der Waals surface area (Å²) in [4.78, 5) is 16.8. The van der Waals surface area contributed by atoms with Crippen LogP contribution in [0.3, 0.4) is 0 Å². The molecule has 5 heteroatoms. The lowest BCUT2D eigenvalue weighted by Gasteiger charge is -2.34. The Morgan fingerprint density at radius 3 is 2.64 bits per heavy atom. The highest BCUT2D eigenvalue weighted by Gasteiger charge is 2.24. The van der Waals surface area contributed by atoms with Crippen LogP contribution in [0, 0.1) is 0 Å². The fourth-order valence-corrected chi connectivity index (χ4v) is 3.34. The molecule has 0 bridgehead atoms. The monoisotopic (exact) mass is 359 g/mol. The predicted octanol–water partition coefficient (Wildman–Crippen LogP) is 3.66.